The van der Waals surface area contributed by atoms with Gasteiger partial charge in [0.05, 0.1) is 20.9 Å². The highest BCUT2D eigenvalue weighted by Gasteiger charge is 2.27. The predicted molar refractivity (Wildman–Crippen MR) is 121 cm³/mol. The van der Waals surface area contributed by atoms with Gasteiger partial charge in [-0.25, -0.2) is 16.8 Å². The van der Waals surface area contributed by atoms with E-state index in [4.69, 9.17) is 34.8 Å². The van der Waals surface area contributed by atoms with Gasteiger partial charge in [0, 0.05) is 22.3 Å². The molecule has 0 N–H and O–H groups in total. The zero-order valence-electron chi connectivity index (χ0n) is 16.0. The Hall–Kier alpha value is -0.990. The summed E-state index contributed by atoms with van der Waals surface area (Å²) < 4.78 is 51.8. The molecule has 0 spiro atoms. The fourth-order valence-electron chi connectivity index (χ4n) is 2.77. The lowest BCUT2D eigenvalue weighted by molar-refractivity contribution is 0.572. The third kappa shape index (κ3) is 6.01. The van der Waals surface area contributed by atoms with Crippen molar-refractivity contribution in [2.24, 2.45) is 0 Å². The third-order valence-corrected chi connectivity index (χ3v) is 9.47. The van der Waals surface area contributed by atoms with Crippen molar-refractivity contribution in [3.8, 4) is 0 Å². The van der Waals surface area contributed by atoms with Gasteiger partial charge in [-0.05, 0) is 62.2 Å². The second-order valence-corrected chi connectivity index (χ2v) is 12.4. The molecular weight excluding hydrogens is 477 g/mol. The molecule has 2 aromatic rings. The van der Waals surface area contributed by atoms with Crippen molar-refractivity contribution in [3.63, 3.8) is 0 Å². The topological polar surface area (TPSA) is 71.5 Å². The van der Waals surface area contributed by atoms with Crippen LogP contribution >= 0.6 is 34.8 Å². The summed E-state index contributed by atoms with van der Waals surface area (Å²) in [7, 11) is -7.16. The van der Waals surface area contributed by atoms with Gasteiger partial charge in [-0.1, -0.05) is 41.7 Å². The number of hydrogen-bond acceptors (Lipinski definition) is 4. The smallest absolute Gasteiger partial charge is 0.264 e. The van der Waals surface area contributed by atoms with E-state index in [1.54, 1.807) is 19.9 Å². The van der Waals surface area contributed by atoms with Gasteiger partial charge in [-0.15, -0.1) is 0 Å². The van der Waals surface area contributed by atoms with Crippen LogP contribution in [0.5, 0.6) is 0 Å². The molecule has 0 radical (unpaired) electrons. The Morgan fingerprint density at radius 3 is 2.10 bits per heavy atom. The first kappa shape index (κ1) is 24.3. The first-order valence-electron chi connectivity index (χ1n) is 8.94. The summed E-state index contributed by atoms with van der Waals surface area (Å²) in [5, 5.41) is 0.404. The molecule has 160 valence electrons. The van der Waals surface area contributed by atoms with Crippen LogP contribution in [0.25, 0.3) is 0 Å². The molecule has 0 aliphatic heterocycles. The second kappa shape index (κ2) is 9.88. The maximum Gasteiger partial charge on any atom is 0.264 e. The molecule has 0 amide bonds. The average Bonchev–Trinajstić information content (AvgIpc) is 2.67. The van der Waals surface area contributed by atoms with Crippen LogP contribution in [0.2, 0.25) is 15.1 Å². The molecule has 2 aromatic carbocycles. The van der Waals surface area contributed by atoms with E-state index in [-0.39, 0.29) is 27.9 Å². The second-order valence-electron chi connectivity index (χ2n) is 6.53. The quantitative estimate of drug-likeness (QED) is 0.461. The molecule has 0 unspecified atom stereocenters. The fourth-order valence-corrected chi connectivity index (χ4v) is 5.94. The summed E-state index contributed by atoms with van der Waals surface area (Å²) in [6.07, 6.45) is 0.650. The molecule has 2 rings (SSSR count). The maximum absolute atomic E-state index is 13.3. The van der Waals surface area contributed by atoms with Crippen LogP contribution in [0.3, 0.4) is 0 Å². The van der Waals surface area contributed by atoms with Crippen LogP contribution in [0, 0.1) is 0 Å². The maximum atomic E-state index is 13.3. The minimum absolute atomic E-state index is 0.0427. The Balaban J connectivity index is 2.39. The normalized spacial score (nSPS) is 13.3. The van der Waals surface area contributed by atoms with Gasteiger partial charge in [-0.2, -0.15) is 0 Å². The van der Waals surface area contributed by atoms with Crippen LogP contribution in [-0.2, 0) is 19.9 Å². The van der Waals surface area contributed by atoms with Crippen LogP contribution < -0.4 is 4.31 Å². The number of benzene rings is 2. The first-order chi connectivity index (χ1) is 13.5. The molecule has 5 nitrogen and oxygen atoms in total. The van der Waals surface area contributed by atoms with Crippen LogP contribution in [0.1, 0.15) is 26.7 Å². The highest BCUT2D eigenvalue weighted by Crippen LogP contribution is 2.33. The summed E-state index contributed by atoms with van der Waals surface area (Å²) in [5.41, 5.74) is 0.236. The molecule has 0 aromatic heterocycles. The Bertz CT molecular complexity index is 1060. The molecule has 1 atom stereocenters. The predicted octanol–water partition coefficient (Wildman–Crippen LogP) is 5.45. The zero-order chi connectivity index (χ0) is 21.8. The molecule has 0 saturated carbocycles. The van der Waals surface area contributed by atoms with Crippen molar-refractivity contribution in [1.29, 1.82) is 0 Å². The Morgan fingerprint density at radius 2 is 1.52 bits per heavy atom. The summed E-state index contributed by atoms with van der Waals surface area (Å²) >= 11 is 18.2. The van der Waals surface area contributed by atoms with E-state index in [1.165, 1.54) is 36.4 Å². The average molecular weight is 499 g/mol. The fraction of sp³-hybridized carbons (Fsp3) is 0.368. The van der Waals surface area contributed by atoms with Crippen LogP contribution in [0.15, 0.2) is 47.4 Å². The highest BCUT2D eigenvalue weighted by molar-refractivity contribution is 7.93. The van der Waals surface area contributed by atoms with E-state index >= 15 is 0 Å². The van der Waals surface area contributed by atoms with Gasteiger partial charge >= 0.3 is 0 Å². The molecular formula is C19H22Cl3NO4S2. The van der Waals surface area contributed by atoms with Gasteiger partial charge < -0.3 is 0 Å². The van der Waals surface area contributed by atoms with Crippen molar-refractivity contribution in [1.82, 2.24) is 0 Å². The number of halogens is 3. The van der Waals surface area contributed by atoms with Crippen molar-refractivity contribution in [3.05, 3.63) is 57.5 Å². The third-order valence-electron chi connectivity index (χ3n) is 4.57. The Morgan fingerprint density at radius 1 is 0.931 bits per heavy atom. The molecule has 29 heavy (non-hydrogen) atoms. The van der Waals surface area contributed by atoms with E-state index in [0.29, 0.717) is 22.9 Å². The highest BCUT2D eigenvalue weighted by atomic mass is 35.5. The zero-order valence-corrected chi connectivity index (χ0v) is 19.9. The van der Waals surface area contributed by atoms with Gasteiger partial charge in [0.15, 0.2) is 9.84 Å². The Labute approximate surface area is 187 Å². The molecule has 0 heterocycles. The lowest BCUT2D eigenvalue weighted by Crippen LogP contribution is -2.33. The monoisotopic (exact) mass is 497 g/mol. The number of nitrogens with zero attached hydrogens (tertiary/aromatic N) is 1. The summed E-state index contributed by atoms with van der Waals surface area (Å²) in [5.74, 6) is 0.0427. The molecule has 0 bridgehead atoms. The van der Waals surface area contributed by atoms with E-state index in [2.05, 4.69) is 0 Å². The SMILES string of the molecule is CCS(=O)(=O)[C@H](C)CCCN(c1cc(Cl)ccc1Cl)S(=O)(=O)c1ccc(Cl)cc1. The molecule has 0 fully saturated rings. The van der Waals surface area contributed by atoms with Gasteiger partial charge in [-0.3, -0.25) is 4.31 Å². The van der Waals surface area contributed by atoms with Crippen LogP contribution in [0.4, 0.5) is 5.69 Å². The van der Waals surface area contributed by atoms with E-state index in [1.807, 2.05) is 0 Å². The number of sulfonamides is 1. The lowest BCUT2D eigenvalue weighted by atomic mass is 10.2. The largest absolute Gasteiger partial charge is 0.265 e. The molecule has 0 saturated heterocycles. The molecule has 0 aliphatic carbocycles. The number of rotatable bonds is 9. The van der Waals surface area contributed by atoms with E-state index in [0.717, 1.165) is 4.31 Å². The first-order valence-corrected chi connectivity index (χ1v) is 13.2. The van der Waals surface area contributed by atoms with Crippen LogP contribution in [-0.4, -0.2) is 34.4 Å². The summed E-state index contributed by atoms with van der Waals surface area (Å²) in [6, 6.07) is 10.4. The van der Waals surface area contributed by atoms with Gasteiger partial charge in [0.2, 0.25) is 0 Å². The lowest BCUT2D eigenvalue weighted by Gasteiger charge is -2.26. The standard InChI is InChI=1S/C19H22Cl3NO4S2/c1-3-28(24,25)14(2)5-4-12-23(19-13-16(21)8-11-18(19)22)29(26,27)17-9-6-15(20)7-10-17/h6-11,13-14H,3-5,12H2,1-2H3/t14-/m1/s1. The van der Waals surface area contributed by atoms with Crippen molar-refractivity contribution >= 4 is 60.4 Å². The number of hydrogen-bond donors (Lipinski definition) is 0. The Kier molecular flexibility index (Phi) is 8.27. The summed E-state index contributed by atoms with van der Waals surface area (Å²) in [4.78, 5) is 0.0483. The van der Waals surface area contributed by atoms with Crippen molar-refractivity contribution in [2.75, 3.05) is 16.6 Å². The van der Waals surface area contributed by atoms with Gasteiger partial charge in [0.25, 0.3) is 10.0 Å². The molecule has 0 aliphatic rings. The minimum atomic E-state index is -3.97. The van der Waals surface area contributed by atoms with E-state index in [9.17, 15) is 16.8 Å². The number of sulfone groups is 1. The molecule has 10 heteroatoms. The van der Waals surface area contributed by atoms with Crippen molar-refractivity contribution in [2.45, 2.75) is 36.8 Å². The van der Waals surface area contributed by atoms with E-state index < -0.39 is 25.1 Å². The number of anilines is 1. The van der Waals surface area contributed by atoms with Gasteiger partial charge in [0.1, 0.15) is 0 Å². The minimum Gasteiger partial charge on any atom is -0.265 e. The van der Waals surface area contributed by atoms with Crippen molar-refractivity contribution < 1.29 is 16.8 Å². The summed E-state index contributed by atoms with van der Waals surface area (Å²) in [6.45, 7) is 3.27.